The third-order valence-corrected chi connectivity index (χ3v) is 6.75. The second-order valence-corrected chi connectivity index (χ2v) is 9.11. The van der Waals surface area contributed by atoms with Crippen LogP contribution in [-0.4, -0.2) is 54.5 Å². The number of ether oxygens (including phenoxy) is 1. The Labute approximate surface area is 180 Å². The molecule has 1 aliphatic rings. The number of sulfonamides is 1. The Kier molecular flexibility index (Phi) is 7.13. The van der Waals surface area contributed by atoms with Crippen molar-refractivity contribution in [1.82, 2.24) is 4.31 Å². The number of phenolic OH excluding ortho intramolecular Hbond substituents is 2. The van der Waals surface area contributed by atoms with Crippen molar-refractivity contribution in [2.24, 2.45) is 0 Å². The van der Waals surface area contributed by atoms with Crippen LogP contribution in [0.1, 0.15) is 36.0 Å². The second kappa shape index (κ2) is 9.80. The standard InChI is InChI=1S/C21H24N2O7S/c24-16-8-9-18(19(25)13-16)21(27)30-14-20(26)22-15-6-5-7-17(12-15)31(28,29)23-10-3-1-2-4-11-23/h5-9,12-13,24-25H,1-4,10-11,14H2,(H,22,26). The molecule has 1 saturated heterocycles. The lowest BCUT2D eigenvalue weighted by Gasteiger charge is -2.20. The summed E-state index contributed by atoms with van der Waals surface area (Å²) >= 11 is 0. The lowest BCUT2D eigenvalue weighted by molar-refractivity contribution is -0.119. The van der Waals surface area contributed by atoms with Crippen molar-refractivity contribution in [3.05, 3.63) is 48.0 Å². The molecule has 10 heteroatoms. The number of esters is 1. The van der Waals surface area contributed by atoms with E-state index in [4.69, 9.17) is 4.74 Å². The molecule has 1 fully saturated rings. The minimum atomic E-state index is -3.67. The van der Waals surface area contributed by atoms with Gasteiger partial charge in [-0.2, -0.15) is 4.31 Å². The van der Waals surface area contributed by atoms with E-state index in [1.807, 2.05) is 0 Å². The van der Waals surface area contributed by atoms with Gasteiger partial charge in [-0.25, -0.2) is 13.2 Å². The van der Waals surface area contributed by atoms with Crippen molar-refractivity contribution in [3.8, 4) is 11.5 Å². The molecule has 0 spiro atoms. The van der Waals surface area contributed by atoms with E-state index in [1.54, 1.807) is 0 Å². The number of hydrogen-bond acceptors (Lipinski definition) is 7. The molecule has 0 bridgehead atoms. The topological polar surface area (TPSA) is 133 Å². The fraction of sp³-hybridized carbons (Fsp3) is 0.333. The summed E-state index contributed by atoms with van der Waals surface area (Å²) in [5, 5.41) is 21.4. The number of aromatic hydroxyl groups is 2. The Morgan fingerprint density at radius 2 is 1.71 bits per heavy atom. The molecule has 0 radical (unpaired) electrons. The summed E-state index contributed by atoms with van der Waals surface area (Å²) in [6.07, 6.45) is 3.64. The normalized spacial score (nSPS) is 15.1. The zero-order valence-corrected chi connectivity index (χ0v) is 17.6. The van der Waals surface area contributed by atoms with Crippen molar-refractivity contribution in [3.63, 3.8) is 0 Å². The number of hydrogen-bond donors (Lipinski definition) is 3. The molecule has 3 N–H and O–H groups in total. The molecule has 1 aliphatic heterocycles. The molecule has 0 saturated carbocycles. The minimum Gasteiger partial charge on any atom is -0.508 e. The van der Waals surface area contributed by atoms with Crippen molar-refractivity contribution < 1.29 is 33.0 Å². The fourth-order valence-electron chi connectivity index (χ4n) is 3.26. The van der Waals surface area contributed by atoms with E-state index in [0.717, 1.165) is 31.7 Å². The summed E-state index contributed by atoms with van der Waals surface area (Å²) in [7, 11) is -3.67. The number of amides is 1. The first-order chi connectivity index (χ1) is 14.8. The molecule has 166 valence electrons. The SMILES string of the molecule is O=C(COC(=O)c1ccc(O)cc1O)Nc1cccc(S(=O)(=O)N2CCCCCC2)c1. The predicted octanol–water partition coefficient (Wildman–Crippen LogP) is 2.46. The number of carbonyl (C=O) groups is 2. The van der Waals surface area contributed by atoms with E-state index in [1.165, 1.54) is 40.7 Å². The number of anilines is 1. The summed E-state index contributed by atoms with van der Waals surface area (Å²) < 4.78 is 32.2. The van der Waals surface area contributed by atoms with Crippen LogP contribution in [0, 0.1) is 0 Å². The number of carbonyl (C=O) groups excluding carboxylic acids is 2. The van der Waals surface area contributed by atoms with Crippen LogP contribution in [-0.2, 0) is 19.6 Å². The highest BCUT2D eigenvalue weighted by Gasteiger charge is 2.25. The molecule has 0 aliphatic carbocycles. The van der Waals surface area contributed by atoms with E-state index in [2.05, 4.69) is 5.32 Å². The second-order valence-electron chi connectivity index (χ2n) is 7.17. The highest BCUT2D eigenvalue weighted by atomic mass is 32.2. The summed E-state index contributed by atoms with van der Waals surface area (Å²) in [6, 6.07) is 9.25. The third-order valence-electron chi connectivity index (χ3n) is 4.86. The zero-order chi connectivity index (χ0) is 22.4. The van der Waals surface area contributed by atoms with Crippen molar-refractivity contribution >= 4 is 27.6 Å². The first kappa shape index (κ1) is 22.6. The van der Waals surface area contributed by atoms with Crippen molar-refractivity contribution in [2.45, 2.75) is 30.6 Å². The first-order valence-corrected chi connectivity index (χ1v) is 11.3. The highest BCUT2D eigenvalue weighted by Crippen LogP contribution is 2.24. The van der Waals surface area contributed by atoms with E-state index >= 15 is 0 Å². The number of benzene rings is 2. The van der Waals surface area contributed by atoms with Crippen LogP contribution in [0.5, 0.6) is 11.5 Å². The lowest BCUT2D eigenvalue weighted by Crippen LogP contribution is -2.32. The van der Waals surface area contributed by atoms with E-state index in [0.29, 0.717) is 13.1 Å². The van der Waals surface area contributed by atoms with Crippen LogP contribution in [0.15, 0.2) is 47.4 Å². The van der Waals surface area contributed by atoms with Crippen molar-refractivity contribution in [1.29, 1.82) is 0 Å². The number of rotatable bonds is 6. The van der Waals surface area contributed by atoms with Gasteiger partial charge in [0.15, 0.2) is 6.61 Å². The average molecular weight is 448 g/mol. The van der Waals surface area contributed by atoms with Crippen LogP contribution in [0.2, 0.25) is 0 Å². The van der Waals surface area contributed by atoms with E-state index < -0.39 is 34.3 Å². The Bertz CT molecular complexity index is 1060. The highest BCUT2D eigenvalue weighted by molar-refractivity contribution is 7.89. The Morgan fingerprint density at radius 1 is 1.00 bits per heavy atom. The lowest BCUT2D eigenvalue weighted by atomic mass is 10.2. The molecule has 0 atom stereocenters. The molecule has 2 aromatic rings. The molecular weight excluding hydrogens is 424 g/mol. The fourth-order valence-corrected chi connectivity index (χ4v) is 4.83. The van der Waals surface area contributed by atoms with Crippen LogP contribution < -0.4 is 5.32 Å². The van der Waals surface area contributed by atoms with Gasteiger partial charge in [0.25, 0.3) is 5.91 Å². The van der Waals surface area contributed by atoms with Gasteiger partial charge in [0, 0.05) is 24.8 Å². The number of nitrogens with zero attached hydrogens (tertiary/aromatic N) is 1. The number of phenols is 2. The Morgan fingerprint density at radius 3 is 2.39 bits per heavy atom. The van der Waals surface area contributed by atoms with Gasteiger partial charge in [-0.05, 0) is 43.2 Å². The van der Waals surface area contributed by atoms with Gasteiger partial charge in [-0.1, -0.05) is 18.9 Å². The van der Waals surface area contributed by atoms with Crippen LogP contribution in [0.25, 0.3) is 0 Å². The minimum absolute atomic E-state index is 0.0817. The van der Waals surface area contributed by atoms with Gasteiger partial charge >= 0.3 is 5.97 Å². The quantitative estimate of drug-likeness (QED) is 0.578. The third kappa shape index (κ3) is 5.74. The average Bonchev–Trinajstić information content (AvgIpc) is 3.02. The molecule has 1 heterocycles. The summed E-state index contributed by atoms with van der Waals surface area (Å²) in [5.74, 6) is -2.31. The van der Waals surface area contributed by atoms with Crippen LogP contribution in [0.3, 0.4) is 0 Å². The van der Waals surface area contributed by atoms with E-state index in [9.17, 15) is 28.2 Å². The Hall–Kier alpha value is -3.11. The summed E-state index contributed by atoms with van der Waals surface area (Å²) in [6.45, 7) is 0.306. The van der Waals surface area contributed by atoms with Gasteiger partial charge in [0.1, 0.15) is 17.1 Å². The van der Waals surface area contributed by atoms with Gasteiger partial charge in [-0.15, -0.1) is 0 Å². The van der Waals surface area contributed by atoms with Gasteiger partial charge in [0.2, 0.25) is 10.0 Å². The maximum atomic E-state index is 12.9. The maximum absolute atomic E-state index is 12.9. The Balaban J connectivity index is 1.62. The summed E-state index contributed by atoms with van der Waals surface area (Å²) in [5.41, 5.74) is 0.0561. The van der Waals surface area contributed by atoms with Crippen molar-refractivity contribution in [2.75, 3.05) is 25.0 Å². The number of nitrogens with one attached hydrogen (secondary N) is 1. The molecular formula is C21H24N2O7S. The zero-order valence-electron chi connectivity index (χ0n) is 16.8. The smallest absolute Gasteiger partial charge is 0.342 e. The van der Waals surface area contributed by atoms with Crippen LogP contribution >= 0.6 is 0 Å². The summed E-state index contributed by atoms with van der Waals surface area (Å²) in [4.78, 5) is 24.2. The van der Waals surface area contributed by atoms with Gasteiger partial charge in [0.05, 0.1) is 4.90 Å². The predicted molar refractivity (Wildman–Crippen MR) is 112 cm³/mol. The molecule has 31 heavy (non-hydrogen) atoms. The molecule has 0 aromatic heterocycles. The molecule has 3 rings (SSSR count). The van der Waals surface area contributed by atoms with Gasteiger partial charge in [-0.3, -0.25) is 4.79 Å². The molecule has 1 amide bonds. The largest absolute Gasteiger partial charge is 0.508 e. The maximum Gasteiger partial charge on any atom is 0.342 e. The van der Waals surface area contributed by atoms with E-state index in [-0.39, 0.29) is 21.9 Å². The van der Waals surface area contributed by atoms with Crippen LogP contribution in [0.4, 0.5) is 5.69 Å². The molecule has 9 nitrogen and oxygen atoms in total. The molecule has 2 aromatic carbocycles. The molecule has 0 unspecified atom stereocenters. The van der Waals surface area contributed by atoms with Gasteiger partial charge < -0.3 is 20.3 Å². The first-order valence-electron chi connectivity index (χ1n) is 9.86. The monoisotopic (exact) mass is 448 g/mol.